The molecule has 2 aromatic carbocycles. The molecule has 2 heterocycles. The second kappa shape index (κ2) is 9.27. The highest BCUT2D eigenvalue weighted by molar-refractivity contribution is 9.10. The average Bonchev–Trinajstić information content (AvgIpc) is 3.35. The molecule has 10 nitrogen and oxygen atoms in total. The van der Waals surface area contributed by atoms with E-state index < -0.39 is 35.1 Å². The Morgan fingerprint density at radius 1 is 1.21 bits per heavy atom. The van der Waals surface area contributed by atoms with E-state index in [0.29, 0.717) is 20.7 Å². The van der Waals surface area contributed by atoms with Crippen LogP contribution in [0.2, 0.25) is 0 Å². The molecule has 1 fully saturated rings. The number of carbonyl (C=O) groups excluding carboxylic acids is 3. The smallest absolute Gasteiger partial charge is 0.329 e. The van der Waals surface area contributed by atoms with Crippen LogP contribution in [0.5, 0.6) is 0 Å². The van der Waals surface area contributed by atoms with Crippen molar-refractivity contribution in [1.82, 2.24) is 10.2 Å². The third-order valence-electron chi connectivity index (χ3n) is 4.75. The van der Waals surface area contributed by atoms with Crippen molar-refractivity contribution in [3.05, 3.63) is 86.5 Å². The van der Waals surface area contributed by atoms with Gasteiger partial charge in [0.25, 0.3) is 11.6 Å². The number of urea groups is 1. The standard InChI is InChI=1S/C22H14BrFN4O6/c23-15-9-12(28(32)33)5-7-14(15)19-8-6-13(34-19)10-18-21(30)27(22(31)26-18)11-20(29)25-17-4-2-1-3-16(17)24/h1-10H,11H2,(H,25,29)(H,26,31)/b18-10-. The number of anilines is 1. The minimum atomic E-state index is -0.815. The van der Waals surface area contributed by atoms with Crippen LogP contribution in [0, 0.1) is 15.9 Å². The van der Waals surface area contributed by atoms with Crippen molar-refractivity contribution in [2.45, 2.75) is 0 Å². The lowest BCUT2D eigenvalue weighted by atomic mass is 10.1. The molecule has 0 aliphatic carbocycles. The van der Waals surface area contributed by atoms with Crippen molar-refractivity contribution in [2.75, 3.05) is 11.9 Å². The van der Waals surface area contributed by atoms with Gasteiger partial charge >= 0.3 is 6.03 Å². The normalized spacial score (nSPS) is 14.4. The number of nitrogens with one attached hydrogen (secondary N) is 2. The van der Waals surface area contributed by atoms with Crippen molar-refractivity contribution >= 4 is 51.2 Å². The summed E-state index contributed by atoms with van der Waals surface area (Å²) in [6.45, 7) is -0.616. The summed E-state index contributed by atoms with van der Waals surface area (Å²) in [5.74, 6) is -1.57. The van der Waals surface area contributed by atoms with E-state index in [1.54, 1.807) is 12.1 Å². The van der Waals surface area contributed by atoms with Crippen LogP contribution in [0.25, 0.3) is 17.4 Å². The second-order valence-electron chi connectivity index (χ2n) is 7.03. The van der Waals surface area contributed by atoms with Crippen LogP contribution in [0.3, 0.4) is 0 Å². The van der Waals surface area contributed by atoms with Gasteiger partial charge in [0, 0.05) is 28.2 Å². The van der Waals surface area contributed by atoms with Crippen molar-refractivity contribution in [1.29, 1.82) is 0 Å². The fourth-order valence-corrected chi connectivity index (χ4v) is 3.71. The van der Waals surface area contributed by atoms with Crippen molar-refractivity contribution in [3.63, 3.8) is 0 Å². The number of nitrogens with zero attached hydrogens (tertiary/aromatic N) is 2. The van der Waals surface area contributed by atoms with Crippen LogP contribution >= 0.6 is 15.9 Å². The zero-order valence-corrected chi connectivity index (χ0v) is 18.7. The molecule has 1 aliphatic heterocycles. The maximum Gasteiger partial charge on any atom is 0.329 e. The molecule has 1 aromatic heterocycles. The summed E-state index contributed by atoms with van der Waals surface area (Å²) in [7, 11) is 0. The summed E-state index contributed by atoms with van der Waals surface area (Å²) in [4.78, 5) is 48.1. The Bertz CT molecular complexity index is 1370. The molecule has 12 heteroatoms. The molecule has 3 aromatic rings. The van der Waals surface area contributed by atoms with Gasteiger partial charge in [0.05, 0.1) is 10.6 Å². The molecule has 0 atom stereocenters. The lowest BCUT2D eigenvalue weighted by Crippen LogP contribution is -2.38. The lowest BCUT2D eigenvalue weighted by molar-refractivity contribution is -0.384. The summed E-state index contributed by atoms with van der Waals surface area (Å²) in [5, 5.41) is 15.6. The van der Waals surface area contributed by atoms with Crippen LogP contribution in [0.4, 0.5) is 20.6 Å². The molecule has 0 bridgehead atoms. The number of para-hydroxylation sites is 1. The first-order chi connectivity index (χ1) is 16.2. The number of carbonyl (C=O) groups is 3. The van der Waals surface area contributed by atoms with Crippen molar-refractivity contribution in [2.24, 2.45) is 0 Å². The van der Waals surface area contributed by atoms with E-state index in [0.717, 1.165) is 6.07 Å². The molecule has 0 saturated carbocycles. The van der Waals surface area contributed by atoms with Gasteiger partial charge in [0.1, 0.15) is 29.6 Å². The highest BCUT2D eigenvalue weighted by atomic mass is 79.9. The summed E-state index contributed by atoms with van der Waals surface area (Å²) in [5.41, 5.74) is 0.259. The molecule has 1 saturated heterocycles. The first-order valence-corrected chi connectivity index (χ1v) is 10.5. The number of amides is 4. The van der Waals surface area contributed by atoms with E-state index >= 15 is 0 Å². The summed E-state index contributed by atoms with van der Waals surface area (Å²) in [6.07, 6.45) is 1.29. The van der Waals surface area contributed by atoms with Gasteiger partial charge in [0.2, 0.25) is 5.91 Å². The maximum atomic E-state index is 13.7. The molecular formula is C22H14BrFN4O6. The summed E-state index contributed by atoms with van der Waals surface area (Å²) < 4.78 is 19.8. The number of nitro benzene ring substituents is 1. The van der Waals surface area contributed by atoms with Crippen LogP contribution in [0.1, 0.15) is 5.76 Å². The van der Waals surface area contributed by atoms with Gasteiger partial charge in [-0.25, -0.2) is 14.1 Å². The number of hydrogen-bond acceptors (Lipinski definition) is 6. The van der Waals surface area contributed by atoms with Gasteiger partial charge in [-0.15, -0.1) is 0 Å². The van der Waals surface area contributed by atoms with Gasteiger partial charge in [-0.3, -0.25) is 19.7 Å². The van der Waals surface area contributed by atoms with Gasteiger partial charge in [-0.2, -0.15) is 0 Å². The Hall–Kier alpha value is -4.32. The van der Waals surface area contributed by atoms with Crippen LogP contribution in [-0.2, 0) is 9.59 Å². The van der Waals surface area contributed by atoms with Crippen LogP contribution in [-0.4, -0.2) is 34.2 Å². The average molecular weight is 529 g/mol. The number of furan rings is 1. The predicted molar refractivity (Wildman–Crippen MR) is 122 cm³/mol. The quantitative estimate of drug-likeness (QED) is 0.212. The number of imide groups is 1. The Labute approximate surface area is 199 Å². The van der Waals surface area contributed by atoms with Gasteiger partial charge < -0.3 is 15.1 Å². The first kappa shape index (κ1) is 22.9. The Morgan fingerprint density at radius 2 is 1.97 bits per heavy atom. The van der Waals surface area contributed by atoms with Crippen LogP contribution < -0.4 is 10.6 Å². The molecule has 1 aliphatic rings. The number of non-ortho nitro benzene ring substituents is 1. The number of nitro groups is 1. The minimum Gasteiger partial charge on any atom is -0.457 e. The molecule has 0 radical (unpaired) electrons. The Balaban J connectivity index is 1.47. The molecule has 0 spiro atoms. The largest absolute Gasteiger partial charge is 0.457 e. The zero-order valence-electron chi connectivity index (χ0n) is 17.1. The van der Waals surface area contributed by atoms with E-state index in [4.69, 9.17) is 4.42 Å². The molecule has 4 amide bonds. The van der Waals surface area contributed by atoms with Crippen LogP contribution in [0.15, 0.2) is 69.2 Å². The number of benzene rings is 2. The number of rotatable bonds is 6. The molecule has 2 N–H and O–H groups in total. The zero-order chi connectivity index (χ0) is 24.4. The van der Waals surface area contributed by atoms with Crippen molar-refractivity contribution < 1.29 is 28.1 Å². The van der Waals surface area contributed by atoms with E-state index in [2.05, 4.69) is 26.6 Å². The molecule has 0 unspecified atom stereocenters. The first-order valence-electron chi connectivity index (χ1n) is 9.66. The van der Waals surface area contributed by atoms with E-state index in [1.807, 2.05) is 0 Å². The summed E-state index contributed by atoms with van der Waals surface area (Å²) in [6, 6.07) is 12.0. The second-order valence-corrected chi connectivity index (χ2v) is 7.89. The highest BCUT2D eigenvalue weighted by Gasteiger charge is 2.35. The lowest BCUT2D eigenvalue weighted by Gasteiger charge is -2.12. The SMILES string of the molecule is O=C(CN1C(=O)N/C(=C\c2ccc(-c3ccc([N+](=O)[O-])cc3Br)o2)C1=O)Nc1ccccc1F. The highest BCUT2D eigenvalue weighted by Crippen LogP contribution is 2.33. The fourth-order valence-electron chi connectivity index (χ4n) is 3.15. The molecule has 34 heavy (non-hydrogen) atoms. The van der Waals surface area contributed by atoms with E-state index in [9.17, 15) is 28.9 Å². The molecule has 4 rings (SSSR count). The maximum absolute atomic E-state index is 13.7. The number of halogens is 2. The van der Waals surface area contributed by atoms with Gasteiger partial charge in [-0.1, -0.05) is 12.1 Å². The fraction of sp³-hybridized carbons (Fsp3) is 0.0455. The minimum absolute atomic E-state index is 0.0733. The number of hydrogen-bond donors (Lipinski definition) is 2. The van der Waals surface area contributed by atoms with E-state index in [-0.39, 0.29) is 22.8 Å². The Morgan fingerprint density at radius 3 is 2.68 bits per heavy atom. The van der Waals surface area contributed by atoms with E-state index in [1.165, 1.54) is 42.5 Å². The summed E-state index contributed by atoms with van der Waals surface area (Å²) >= 11 is 3.27. The van der Waals surface area contributed by atoms with Gasteiger partial charge in [0.15, 0.2) is 0 Å². The third kappa shape index (κ3) is 4.71. The molecule has 172 valence electrons. The third-order valence-corrected chi connectivity index (χ3v) is 5.41. The molecular weight excluding hydrogens is 515 g/mol. The van der Waals surface area contributed by atoms with Crippen molar-refractivity contribution in [3.8, 4) is 11.3 Å². The predicted octanol–water partition coefficient (Wildman–Crippen LogP) is 4.29. The Kier molecular flexibility index (Phi) is 6.23. The monoisotopic (exact) mass is 528 g/mol. The van der Waals surface area contributed by atoms with Gasteiger partial charge in [-0.05, 0) is 46.3 Å². The topological polar surface area (TPSA) is 135 Å².